The molecule has 1 amide bonds. The molecule has 114 valence electrons. The van der Waals surface area contributed by atoms with E-state index < -0.39 is 0 Å². The smallest absolute Gasteiger partial charge is 0.247 e. The lowest BCUT2D eigenvalue weighted by molar-refractivity contribution is -0.121. The van der Waals surface area contributed by atoms with Crippen molar-refractivity contribution in [2.24, 2.45) is 5.92 Å². The second-order valence-electron chi connectivity index (χ2n) is 4.74. The lowest BCUT2D eigenvalue weighted by Gasteiger charge is -2.08. The summed E-state index contributed by atoms with van der Waals surface area (Å²) in [6, 6.07) is 3.19. The highest BCUT2D eigenvalue weighted by molar-refractivity contribution is 5.85. The Morgan fingerprint density at radius 3 is 2.75 bits per heavy atom. The van der Waals surface area contributed by atoms with Crippen LogP contribution < -0.4 is 16.2 Å². The number of amides is 1. The molecule has 0 radical (unpaired) electrons. The van der Waals surface area contributed by atoms with E-state index in [1.54, 1.807) is 12.3 Å². The summed E-state index contributed by atoms with van der Waals surface area (Å²) in [5, 5.41) is 6.15. The molecular formula is C13H21Cl2N3O2. The Bertz CT molecular complexity index is 439. The number of carbonyl (C=O) groups is 1. The lowest BCUT2D eigenvalue weighted by Crippen LogP contribution is -2.24. The van der Waals surface area contributed by atoms with Gasteiger partial charge in [-0.3, -0.25) is 9.59 Å². The van der Waals surface area contributed by atoms with E-state index in [1.807, 2.05) is 0 Å². The molecular weight excluding hydrogens is 301 g/mol. The molecule has 2 heterocycles. The topological polar surface area (TPSA) is 74.0 Å². The van der Waals surface area contributed by atoms with Gasteiger partial charge < -0.3 is 15.6 Å². The molecule has 7 heteroatoms. The predicted octanol–water partition coefficient (Wildman–Crippen LogP) is 1.22. The Morgan fingerprint density at radius 2 is 2.15 bits per heavy atom. The summed E-state index contributed by atoms with van der Waals surface area (Å²) in [5.41, 5.74) is 0.782. The zero-order valence-corrected chi connectivity index (χ0v) is 12.8. The Kier molecular flexibility index (Phi) is 9.29. The first kappa shape index (κ1) is 19.0. The highest BCUT2D eigenvalue weighted by atomic mass is 35.5. The van der Waals surface area contributed by atoms with E-state index in [4.69, 9.17) is 0 Å². The van der Waals surface area contributed by atoms with Crippen LogP contribution in [0.2, 0.25) is 0 Å². The summed E-state index contributed by atoms with van der Waals surface area (Å²) >= 11 is 0. The summed E-state index contributed by atoms with van der Waals surface area (Å²) in [4.78, 5) is 25.1. The fourth-order valence-corrected chi connectivity index (χ4v) is 2.14. The minimum atomic E-state index is -0.126. The Balaban J connectivity index is 0.00000180. The van der Waals surface area contributed by atoms with E-state index in [1.165, 1.54) is 12.5 Å². The predicted molar refractivity (Wildman–Crippen MR) is 83.6 cm³/mol. The van der Waals surface area contributed by atoms with Crippen molar-refractivity contribution >= 4 is 30.7 Å². The van der Waals surface area contributed by atoms with Crippen LogP contribution in [0.1, 0.15) is 24.8 Å². The van der Waals surface area contributed by atoms with Gasteiger partial charge in [-0.1, -0.05) is 6.07 Å². The summed E-state index contributed by atoms with van der Waals surface area (Å²) in [6.45, 7) is 2.58. The van der Waals surface area contributed by atoms with Gasteiger partial charge in [-0.05, 0) is 37.4 Å². The highest BCUT2D eigenvalue weighted by Gasteiger charge is 2.15. The molecule has 5 nitrogen and oxygen atoms in total. The van der Waals surface area contributed by atoms with E-state index in [-0.39, 0.29) is 36.3 Å². The minimum absolute atomic E-state index is 0. The number of rotatable bonds is 5. The van der Waals surface area contributed by atoms with Gasteiger partial charge in [0.1, 0.15) is 0 Å². The molecule has 1 fully saturated rings. The van der Waals surface area contributed by atoms with Crippen LogP contribution in [-0.2, 0) is 11.3 Å². The number of aromatic nitrogens is 1. The van der Waals surface area contributed by atoms with Crippen molar-refractivity contribution in [3.05, 3.63) is 34.2 Å². The van der Waals surface area contributed by atoms with Crippen molar-refractivity contribution in [1.29, 1.82) is 0 Å². The quantitative estimate of drug-likeness (QED) is 0.763. The summed E-state index contributed by atoms with van der Waals surface area (Å²) < 4.78 is 0. The fraction of sp³-hybridized carbons (Fsp3) is 0.538. The molecule has 0 aromatic carbocycles. The molecule has 20 heavy (non-hydrogen) atoms. The summed E-state index contributed by atoms with van der Waals surface area (Å²) in [5.74, 6) is 0.719. The first-order chi connectivity index (χ1) is 8.74. The van der Waals surface area contributed by atoms with Gasteiger partial charge in [0.2, 0.25) is 11.5 Å². The van der Waals surface area contributed by atoms with E-state index in [2.05, 4.69) is 15.6 Å². The third-order valence-corrected chi connectivity index (χ3v) is 3.28. The van der Waals surface area contributed by atoms with Crippen molar-refractivity contribution in [2.75, 3.05) is 13.1 Å². The Morgan fingerprint density at radius 1 is 1.35 bits per heavy atom. The number of nitrogens with one attached hydrogen (secondary N) is 3. The van der Waals surface area contributed by atoms with Crippen LogP contribution >= 0.6 is 24.8 Å². The maximum atomic E-state index is 11.6. The van der Waals surface area contributed by atoms with E-state index in [0.717, 1.165) is 25.1 Å². The van der Waals surface area contributed by atoms with Gasteiger partial charge in [-0.25, -0.2) is 0 Å². The van der Waals surface area contributed by atoms with Gasteiger partial charge in [0.05, 0.1) is 0 Å². The van der Waals surface area contributed by atoms with Gasteiger partial charge in [-0.2, -0.15) is 0 Å². The van der Waals surface area contributed by atoms with Gasteiger partial charge in [-0.15, -0.1) is 24.8 Å². The summed E-state index contributed by atoms with van der Waals surface area (Å²) in [7, 11) is 0. The number of pyridine rings is 1. The SMILES string of the molecule is Cl.Cl.O=C(CCC1CCNC1)NCc1ccc(=O)[nH]c1. The molecule has 1 aromatic heterocycles. The first-order valence-corrected chi connectivity index (χ1v) is 6.39. The zero-order valence-electron chi connectivity index (χ0n) is 11.2. The number of aromatic amines is 1. The molecule has 0 bridgehead atoms. The molecule has 1 atom stereocenters. The van der Waals surface area contributed by atoms with Crippen LogP contribution in [0.3, 0.4) is 0 Å². The molecule has 1 saturated heterocycles. The lowest BCUT2D eigenvalue weighted by atomic mass is 10.0. The Labute approximate surface area is 130 Å². The number of hydrogen-bond donors (Lipinski definition) is 3. The molecule has 1 aliphatic heterocycles. The fourth-order valence-electron chi connectivity index (χ4n) is 2.14. The van der Waals surface area contributed by atoms with Gasteiger partial charge in [0.15, 0.2) is 0 Å². The van der Waals surface area contributed by atoms with Crippen LogP contribution in [0.5, 0.6) is 0 Å². The van der Waals surface area contributed by atoms with Gasteiger partial charge >= 0.3 is 0 Å². The second-order valence-corrected chi connectivity index (χ2v) is 4.74. The van der Waals surface area contributed by atoms with Crippen LogP contribution in [0.25, 0.3) is 0 Å². The largest absolute Gasteiger partial charge is 0.352 e. The molecule has 0 spiro atoms. The number of carbonyl (C=O) groups excluding carboxylic acids is 1. The average molecular weight is 322 g/mol. The van der Waals surface area contributed by atoms with E-state index >= 15 is 0 Å². The third kappa shape index (κ3) is 6.41. The van der Waals surface area contributed by atoms with Crippen molar-refractivity contribution in [3.63, 3.8) is 0 Å². The van der Waals surface area contributed by atoms with Crippen LogP contribution in [0.4, 0.5) is 0 Å². The minimum Gasteiger partial charge on any atom is -0.352 e. The van der Waals surface area contributed by atoms with E-state index in [9.17, 15) is 9.59 Å². The molecule has 0 saturated carbocycles. The number of H-pyrrole nitrogens is 1. The molecule has 1 aliphatic rings. The first-order valence-electron chi connectivity index (χ1n) is 6.39. The normalized spacial score (nSPS) is 16.9. The van der Waals surface area contributed by atoms with Crippen molar-refractivity contribution in [3.8, 4) is 0 Å². The molecule has 2 rings (SSSR count). The van der Waals surface area contributed by atoms with Gasteiger partial charge in [0.25, 0.3) is 0 Å². The van der Waals surface area contributed by atoms with Crippen molar-refractivity contribution in [1.82, 2.24) is 15.6 Å². The molecule has 1 aromatic rings. The van der Waals surface area contributed by atoms with Gasteiger partial charge in [0, 0.05) is 25.2 Å². The molecule has 0 aliphatic carbocycles. The molecule has 3 N–H and O–H groups in total. The number of hydrogen-bond acceptors (Lipinski definition) is 3. The van der Waals surface area contributed by atoms with Crippen molar-refractivity contribution in [2.45, 2.75) is 25.8 Å². The maximum absolute atomic E-state index is 11.6. The summed E-state index contributed by atoms with van der Waals surface area (Å²) in [6.07, 6.45) is 4.33. The molecule has 1 unspecified atom stereocenters. The Hall–Kier alpha value is -1.04. The zero-order chi connectivity index (χ0) is 12.8. The third-order valence-electron chi connectivity index (χ3n) is 3.28. The monoisotopic (exact) mass is 321 g/mol. The van der Waals surface area contributed by atoms with Crippen LogP contribution in [-0.4, -0.2) is 24.0 Å². The van der Waals surface area contributed by atoms with E-state index in [0.29, 0.717) is 18.9 Å². The maximum Gasteiger partial charge on any atom is 0.247 e. The second kappa shape index (κ2) is 9.80. The van der Waals surface area contributed by atoms with Crippen LogP contribution in [0.15, 0.2) is 23.1 Å². The number of halogens is 2. The standard InChI is InChI=1S/C13H19N3O2.2ClH/c17-12(3-1-10-5-6-14-7-10)15-8-11-2-4-13(18)16-9-11;;/h2,4,9-10,14H,1,3,5-8H2,(H,15,17)(H,16,18);2*1H. The average Bonchev–Trinajstić information content (AvgIpc) is 2.89. The van der Waals surface area contributed by atoms with Crippen molar-refractivity contribution < 1.29 is 4.79 Å². The van der Waals surface area contributed by atoms with Crippen LogP contribution in [0, 0.1) is 5.92 Å². The highest BCUT2D eigenvalue weighted by Crippen LogP contribution is 2.13.